The molecule has 2 aliphatic heterocycles. The predicted octanol–water partition coefficient (Wildman–Crippen LogP) is 5.58. The normalized spacial score (nSPS) is 18.9. The largest absolute Gasteiger partial charge is 0.453 e. The molecule has 0 spiro atoms. The second kappa shape index (κ2) is 17.9. The summed E-state index contributed by atoms with van der Waals surface area (Å²) >= 11 is 0. The molecule has 2 aromatic heterocycles. The first kappa shape index (κ1) is 40.0. The molecule has 4 amide bonds. The molecule has 15 heteroatoms. The lowest BCUT2D eigenvalue weighted by Gasteiger charge is -2.31. The van der Waals surface area contributed by atoms with E-state index >= 15 is 0 Å². The standard InChI is InChI=1S/C41H51N7O8/c1-24(53-3)35(45-40(51)55-5)38(49)47-21-7-9-33(47)31-20-19-30(43-31)28-15-11-26(12-16-28)27-13-17-29(18-14-27)32-23-42-37(44-32)34-10-8-22-48(34)39(50)36(25(2)54-4)46-41(52)56-6/h11-20,23-25,33-36,43H,7-10,21-22H2,1-6H3,(H,42,44)(H,45,51)(H,46,52)/t24-,25-,33+,34+,35+,36+/m1/s1. The van der Waals surface area contributed by atoms with Gasteiger partial charge in [0, 0.05) is 38.7 Å². The fourth-order valence-corrected chi connectivity index (χ4v) is 7.54. The van der Waals surface area contributed by atoms with Crippen LogP contribution in [0.2, 0.25) is 0 Å². The molecule has 298 valence electrons. The van der Waals surface area contributed by atoms with E-state index in [1.807, 2.05) is 24.3 Å². The molecule has 6 rings (SSSR count). The quantitative estimate of drug-likeness (QED) is 0.135. The molecule has 56 heavy (non-hydrogen) atoms. The second-order valence-corrected chi connectivity index (χ2v) is 14.2. The number of hydrogen-bond acceptors (Lipinski definition) is 9. The van der Waals surface area contributed by atoms with Crippen molar-refractivity contribution in [1.82, 2.24) is 35.4 Å². The maximum Gasteiger partial charge on any atom is 0.407 e. The van der Waals surface area contributed by atoms with E-state index in [2.05, 4.69) is 62.0 Å². The van der Waals surface area contributed by atoms with Gasteiger partial charge in [-0.15, -0.1) is 0 Å². The molecule has 2 fully saturated rings. The highest BCUT2D eigenvalue weighted by atomic mass is 16.5. The Bertz CT molecular complexity index is 1840. The van der Waals surface area contributed by atoms with Crippen molar-refractivity contribution in [1.29, 1.82) is 0 Å². The van der Waals surface area contributed by atoms with Gasteiger partial charge in [-0.25, -0.2) is 14.6 Å². The minimum atomic E-state index is -0.896. The predicted molar refractivity (Wildman–Crippen MR) is 208 cm³/mol. The lowest BCUT2D eigenvalue weighted by molar-refractivity contribution is -0.138. The number of amides is 4. The van der Waals surface area contributed by atoms with Crippen LogP contribution in [0, 0.1) is 0 Å². The molecule has 0 radical (unpaired) electrons. The van der Waals surface area contributed by atoms with Gasteiger partial charge in [0.2, 0.25) is 11.8 Å². The van der Waals surface area contributed by atoms with Gasteiger partial charge in [0.15, 0.2) is 0 Å². The highest BCUT2D eigenvalue weighted by molar-refractivity contribution is 5.87. The van der Waals surface area contributed by atoms with Crippen molar-refractivity contribution in [3.63, 3.8) is 0 Å². The number of aromatic nitrogens is 3. The summed E-state index contributed by atoms with van der Waals surface area (Å²) in [6.45, 7) is 4.60. The maximum atomic E-state index is 13.6. The summed E-state index contributed by atoms with van der Waals surface area (Å²) in [7, 11) is 5.53. The van der Waals surface area contributed by atoms with Gasteiger partial charge in [0.1, 0.15) is 17.9 Å². The van der Waals surface area contributed by atoms with Gasteiger partial charge in [-0.05, 0) is 73.9 Å². The summed E-state index contributed by atoms with van der Waals surface area (Å²) in [5.74, 6) is 0.228. The molecule has 4 aromatic rings. The van der Waals surface area contributed by atoms with Gasteiger partial charge in [-0.1, -0.05) is 48.5 Å². The number of alkyl carbamates (subject to hydrolysis) is 2. The number of ether oxygens (including phenoxy) is 4. The topological polar surface area (TPSA) is 180 Å². The van der Waals surface area contributed by atoms with Gasteiger partial charge >= 0.3 is 12.2 Å². The first-order chi connectivity index (χ1) is 27.1. The summed E-state index contributed by atoms with van der Waals surface area (Å²) in [5.41, 5.74) is 6.79. The zero-order valence-electron chi connectivity index (χ0n) is 32.7. The van der Waals surface area contributed by atoms with Crippen LogP contribution in [0.1, 0.15) is 63.1 Å². The summed E-state index contributed by atoms with van der Waals surface area (Å²) in [6.07, 6.45) is 2.52. The summed E-state index contributed by atoms with van der Waals surface area (Å²) in [6, 6.07) is 18.4. The van der Waals surface area contributed by atoms with Crippen molar-refractivity contribution in [3.8, 4) is 33.6 Å². The van der Waals surface area contributed by atoms with Crippen LogP contribution in [0.3, 0.4) is 0 Å². The van der Waals surface area contributed by atoms with E-state index in [4.69, 9.17) is 18.9 Å². The van der Waals surface area contributed by atoms with Gasteiger partial charge in [-0.3, -0.25) is 9.59 Å². The van der Waals surface area contributed by atoms with E-state index < -0.39 is 36.5 Å². The maximum absolute atomic E-state index is 13.6. The molecule has 0 bridgehead atoms. The average molecular weight is 770 g/mol. The molecule has 0 saturated carbocycles. The van der Waals surface area contributed by atoms with Crippen LogP contribution in [0.4, 0.5) is 9.59 Å². The van der Waals surface area contributed by atoms with Crippen molar-refractivity contribution >= 4 is 24.0 Å². The van der Waals surface area contributed by atoms with Crippen molar-refractivity contribution < 1.29 is 38.1 Å². The molecule has 4 N–H and O–H groups in total. The molecule has 0 aliphatic carbocycles. The molecule has 2 aliphatic rings. The number of nitrogens with zero attached hydrogens (tertiary/aromatic N) is 3. The van der Waals surface area contributed by atoms with Crippen molar-refractivity contribution in [3.05, 3.63) is 78.4 Å². The molecular weight excluding hydrogens is 718 g/mol. The first-order valence-corrected chi connectivity index (χ1v) is 18.9. The van der Waals surface area contributed by atoms with Crippen LogP contribution in [-0.4, -0.2) is 115 Å². The molecular formula is C41H51N7O8. The van der Waals surface area contributed by atoms with Crippen molar-refractivity contribution in [2.75, 3.05) is 41.5 Å². The van der Waals surface area contributed by atoms with Crippen LogP contribution < -0.4 is 10.6 Å². The van der Waals surface area contributed by atoms with Crippen LogP contribution in [-0.2, 0) is 28.5 Å². The van der Waals surface area contributed by atoms with Crippen LogP contribution >= 0.6 is 0 Å². The lowest BCUT2D eigenvalue weighted by atomic mass is 10.0. The first-order valence-electron chi connectivity index (χ1n) is 18.9. The third kappa shape index (κ3) is 8.58. The van der Waals surface area contributed by atoms with E-state index in [0.29, 0.717) is 18.9 Å². The Hall–Kier alpha value is -5.67. The third-order valence-corrected chi connectivity index (χ3v) is 10.9. The second-order valence-electron chi connectivity index (χ2n) is 14.2. The smallest absolute Gasteiger partial charge is 0.407 e. The fourth-order valence-electron chi connectivity index (χ4n) is 7.54. The number of likely N-dealkylation sites (tertiary alicyclic amines) is 2. The SMILES string of the molecule is COC(=O)N[C@H](C(=O)N1CCC[C@H]1c1ccc(-c2ccc(-c3ccc(-c4cnc([C@@H]5CCCN5C(=O)[C@@H](NC(=O)OC)[C@@H](C)OC)[nH]4)cc3)cc2)[nH]1)[C@@H](C)OC. The molecule has 6 atom stereocenters. The average Bonchev–Trinajstić information content (AvgIpc) is 4.08. The number of rotatable bonds is 13. The van der Waals surface area contributed by atoms with Crippen LogP contribution in [0.5, 0.6) is 0 Å². The number of aromatic amines is 2. The number of nitrogens with one attached hydrogen (secondary N) is 4. The summed E-state index contributed by atoms with van der Waals surface area (Å²) in [5, 5.41) is 5.26. The molecule has 2 saturated heterocycles. The molecule has 15 nitrogen and oxygen atoms in total. The van der Waals surface area contributed by atoms with Gasteiger partial charge < -0.3 is 49.3 Å². The zero-order chi connectivity index (χ0) is 39.9. The summed E-state index contributed by atoms with van der Waals surface area (Å²) in [4.78, 5) is 66.4. The lowest BCUT2D eigenvalue weighted by Crippen LogP contribution is -2.54. The minimum absolute atomic E-state index is 0.155. The number of methoxy groups -OCH3 is 4. The monoisotopic (exact) mass is 769 g/mol. The Morgan fingerprint density at radius 1 is 0.643 bits per heavy atom. The Kier molecular flexibility index (Phi) is 12.8. The number of carbonyl (C=O) groups is 4. The fraction of sp³-hybridized carbons (Fsp3) is 0.439. The number of benzene rings is 2. The summed E-state index contributed by atoms with van der Waals surface area (Å²) < 4.78 is 20.3. The molecule has 4 heterocycles. The molecule has 0 unspecified atom stereocenters. The van der Waals surface area contributed by atoms with Crippen LogP contribution in [0.15, 0.2) is 66.9 Å². The van der Waals surface area contributed by atoms with E-state index in [1.165, 1.54) is 28.4 Å². The van der Waals surface area contributed by atoms with Gasteiger partial charge in [0.25, 0.3) is 0 Å². The number of imidazole rings is 1. The zero-order valence-corrected chi connectivity index (χ0v) is 32.7. The van der Waals surface area contributed by atoms with Crippen molar-refractivity contribution in [2.45, 2.75) is 75.9 Å². The van der Waals surface area contributed by atoms with E-state index in [-0.39, 0.29) is 23.9 Å². The van der Waals surface area contributed by atoms with Gasteiger partial charge in [0.05, 0.1) is 50.4 Å². The van der Waals surface area contributed by atoms with E-state index in [0.717, 1.165) is 65.0 Å². The van der Waals surface area contributed by atoms with Crippen molar-refractivity contribution in [2.24, 2.45) is 0 Å². The Morgan fingerprint density at radius 3 is 1.61 bits per heavy atom. The van der Waals surface area contributed by atoms with Crippen LogP contribution in [0.25, 0.3) is 33.6 Å². The van der Waals surface area contributed by atoms with E-state index in [1.54, 1.807) is 29.8 Å². The highest BCUT2D eigenvalue weighted by Gasteiger charge is 2.40. The Balaban J connectivity index is 1.11. The highest BCUT2D eigenvalue weighted by Crippen LogP contribution is 2.35. The minimum Gasteiger partial charge on any atom is -0.453 e. The number of H-pyrrole nitrogens is 2. The number of carbonyl (C=O) groups excluding carboxylic acids is 4. The Labute approximate surface area is 326 Å². The third-order valence-electron chi connectivity index (χ3n) is 10.9. The van der Waals surface area contributed by atoms with Gasteiger partial charge in [-0.2, -0.15) is 0 Å². The number of hydrogen-bond donors (Lipinski definition) is 4. The van der Waals surface area contributed by atoms with E-state index in [9.17, 15) is 19.2 Å². The Morgan fingerprint density at radius 2 is 1.11 bits per heavy atom. The molecule has 2 aromatic carbocycles.